The average molecular weight is 201 g/mol. The van der Waals surface area contributed by atoms with E-state index in [1.165, 1.54) is 12.8 Å². The lowest BCUT2D eigenvalue weighted by Gasteiger charge is -2.32. The van der Waals surface area contributed by atoms with Gasteiger partial charge < -0.3 is 14.8 Å². The molecule has 1 heterocycles. The van der Waals surface area contributed by atoms with Crippen LogP contribution in [0.1, 0.15) is 26.2 Å². The third kappa shape index (κ3) is 2.69. The molecule has 0 aromatic carbocycles. The molecule has 1 N–H and O–H groups in total. The summed E-state index contributed by atoms with van der Waals surface area (Å²) in [5.41, 5.74) is 0.341. The maximum atomic E-state index is 5.67. The van der Waals surface area contributed by atoms with Gasteiger partial charge in [0.15, 0.2) is 0 Å². The molecule has 3 heteroatoms. The van der Waals surface area contributed by atoms with Crippen LogP contribution in [0.4, 0.5) is 0 Å². The quantitative estimate of drug-likeness (QED) is 0.659. The van der Waals surface area contributed by atoms with Gasteiger partial charge in [0.05, 0.1) is 6.10 Å². The zero-order valence-corrected chi connectivity index (χ0v) is 9.64. The van der Waals surface area contributed by atoms with Crippen LogP contribution in [0.2, 0.25) is 0 Å². The molecule has 14 heavy (non-hydrogen) atoms. The van der Waals surface area contributed by atoms with Crippen molar-refractivity contribution in [1.82, 2.24) is 5.32 Å². The largest absolute Gasteiger partial charge is 0.385 e. The van der Waals surface area contributed by atoms with Crippen LogP contribution < -0.4 is 5.32 Å². The van der Waals surface area contributed by atoms with Gasteiger partial charge in [-0.3, -0.25) is 0 Å². The van der Waals surface area contributed by atoms with Crippen molar-refractivity contribution in [2.75, 3.05) is 33.9 Å². The van der Waals surface area contributed by atoms with E-state index in [1.54, 1.807) is 7.11 Å². The van der Waals surface area contributed by atoms with Crippen molar-refractivity contribution in [2.45, 2.75) is 32.3 Å². The second-order valence-electron chi connectivity index (χ2n) is 4.25. The van der Waals surface area contributed by atoms with E-state index in [0.717, 1.165) is 26.2 Å². The van der Waals surface area contributed by atoms with Crippen LogP contribution >= 0.6 is 0 Å². The molecular weight excluding hydrogens is 178 g/mol. The molecule has 1 fully saturated rings. The molecule has 3 nitrogen and oxygen atoms in total. The van der Waals surface area contributed by atoms with E-state index in [9.17, 15) is 0 Å². The Morgan fingerprint density at radius 3 is 2.86 bits per heavy atom. The van der Waals surface area contributed by atoms with E-state index < -0.39 is 0 Å². The van der Waals surface area contributed by atoms with Crippen molar-refractivity contribution in [1.29, 1.82) is 0 Å². The Labute approximate surface area is 87.2 Å². The maximum Gasteiger partial charge on any atom is 0.0616 e. The zero-order valence-electron chi connectivity index (χ0n) is 9.64. The lowest BCUT2D eigenvalue weighted by Crippen LogP contribution is -2.38. The second kappa shape index (κ2) is 5.69. The topological polar surface area (TPSA) is 30.5 Å². The van der Waals surface area contributed by atoms with Gasteiger partial charge in [-0.25, -0.2) is 0 Å². The number of hydrogen-bond acceptors (Lipinski definition) is 3. The first-order valence-corrected chi connectivity index (χ1v) is 5.50. The number of ether oxygens (including phenoxy) is 2. The first-order valence-electron chi connectivity index (χ1n) is 5.50. The lowest BCUT2D eigenvalue weighted by atomic mass is 9.77. The van der Waals surface area contributed by atoms with E-state index in [1.807, 2.05) is 7.05 Å². The summed E-state index contributed by atoms with van der Waals surface area (Å²) in [5, 5.41) is 3.29. The van der Waals surface area contributed by atoms with Gasteiger partial charge >= 0.3 is 0 Å². The van der Waals surface area contributed by atoms with Crippen molar-refractivity contribution in [3.63, 3.8) is 0 Å². The molecule has 0 aromatic heterocycles. The molecule has 0 aliphatic carbocycles. The number of rotatable bonds is 6. The molecule has 0 aromatic rings. The van der Waals surface area contributed by atoms with Gasteiger partial charge in [-0.1, -0.05) is 0 Å². The Bertz CT molecular complexity index is 163. The van der Waals surface area contributed by atoms with E-state index in [0.29, 0.717) is 11.5 Å². The fourth-order valence-electron chi connectivity index (χ4n) is 2.39. The molecule has 1 saturated heterocycles. The van der Waals surface area contributed by atoms with Gasteiger partial charge in [0.25, 0.3) is 0 Å². The molecule has 0 saturated carbocycles. The van der Waals surface area contributed by atoms with Gasteiger partial charge in [0.2, 0.25) is 0 Å². The molecule has 0 bridgehead atoms. The van der Waals surface area contributed by atoms with Gasteiger partial charge in [-0.05, 0) is 33.2 Å². The minimum Gasteiger partial charge on any atom is -0.385 e. The van der Waals surface area contributed by atoms with E-state index in [2.05, 4.69) is 12.2 Å². The smallest absolute Gasteiger partial charge is 0.0616 e. The van der Waals surface area contributed by atoms with Gasteiger partial charge in [-0.15, -0.1) is 0 Å². The van der Waals surface area contributed by atoms with Gasteiger partial charge in [-0.2, -0.15) is 0 Å². The summed E-state index contributed by atoms with van der Waals surface area (Å²) in [7, 11) is 3.78. The fourth-order valence-corrected chi connectivity index (χ4v) is 2.39. The monoisotopic (exact) mass is 201 g/mol. The van der Waals surface area contributed by atoms with Crippen LogP contribution in [-0.4, -0.2) is 40.0 Å². The number of nitrogens with one attached hydrogen (secondary N) is 1. The highest BCUT2D eigenvalue weighted by Crippen LogP contribution is 2.38. The highest BCUT2D eigenvalue weighted by Gasteiger charge is 2.40. The van der Waals surface area contributed by atoms with Gasteiger partial charge in [0, 0.05) is 32.3 Å². The lowest BCUT2D eigenvalue weighted by molar-refractivity contribution is 0.0536. The van der Waals surface area contributed by atoms with Gasteiger partial charge in [0.1, 0.15) is 0 Å². The van der Waals surface area contributed by atoms with Crippen LogP contribution in [0.15, 0.2) is 0 Å². The minimum atomic E-state index is 0.341. The summed E-state index contributed by atoms with van der Waals surface area (Å²) >= 11 is 0. The van der Waals surface area contributed by atoms with Crippen LogP contribution in [0.5, 0.6) is 0 Å². The third-order valence-electron chi connectivity index (χ3n) is 3.38. The van der Waals surface area contributed by atoms with Crippen LogP contribution in [0.3, 0.4) is 0 Å². The maximum absolute atomic E-state index is 5.67. The molecule has 1 aliphatic heterocycles. The first kappa shape index (κ1) is 12.0. The summed E-state index contributed by atoms with van der Waals surface area (Å²) in [6, 6.07) is 0. The predicted molar refractivity (Wildman–Crippen MR) is 57.5 cm³/mol. The van der Waals surface area contributed by atoms with Crippen molar-refractivity contribution < 1.29 is 9.47 Å². The Morgan fingerprint density at radius 1 is 1.57 bits per heavy atom. The molecular formula is C11H23NO2. The molecule has 2 unspecified atom stereocenters. The van der Waals surface area contributed by atoms with Crippen molar-refractivity contribution in [2.24, 2.45) is 5.41 Å². The van der Waals surface area contributed by atoms with Crippen molar-refractivity contribution in [3.05, 3.63) is 0 Å². The molecule has 2 atom stereocenters. The summed E-state index contributed by atoms with van der Waals surface area (Å²) in [6.45, 7) is 5.02. The summed E-state index contributed by atoms with van der Waals surface area (Å²) in [5.74, 6) is 0. The number of hydrogen-bond donors (Lipinski definition) is 1. The van der Waals surface area contributed by atoms with E-state index in [-0.39, 0.29) is 0 Å². The van der Waals surface area contributed by atoms with Crippen LogP contribution in [0.25, 0.3) is 0 Å². The zero-order chi connectivity index (χ0) is 10.4. The molecule has 0 radical (unpaired) electrons. The summed E-state index contributed by atoms with van der Waals surface area (Å²) in [4.78, 5) is 0. The predicted octanol–water partition coefficient (Wildman–Crippen LogP) is 1.43. The molecule has 1 aliphatic rings. The van der Waals surface area contributed by atoms with Crippen molar-refractivity contribution >= 4 is 0 Å². The van der Waals surface area contributed by atoms with E-state index in [4.69, 9.17) is 9.47 Å². The van der Waals surface area contributed by atoms with Crippen molar-refractivity contribution in [3.8, 4) is 0 Å². The average Bonchev–Trinajstić information content (AvgIpc) is 2.50. The minimum absolute atomic E-state index is 0.341. The first-order chi connectivity index (χ1) is 6.75. The fraction of sp³-hybridized carbons (Fsp3) is 1.00. The Morgan fingerprint density at radius 2 is 2.36 bits per heavy atom. The standard InChI is InChI=1S/C11H23NO2/c1-10-11(9-12-2,6-8-14-10)5-4-7-13-3/h10,12H,4-9H2,1-3H3. The molecule has 0 amide bonds. The van der Waals surface area contributed by atoms with Crippen LogP contribution in [0, 0.1) is 5.41 Å². The molecule has 1 rings (SSSR count). The van der Waals surface area contributed by atoms with Crippen LogP contribution in [-0.2, 0) is 9.47 Å². The Kier molecular flexibility index (Phi) is 4.85. The normalized spacial score (nSPS) is 32.4. The Balaban J connectivity index is 2.44. The second-order valence-corrected chi connectivity index (χ2v) is 4.25. The molecule has 0 spiro atoms. The van der Waals surface area contributed by atoms with E-state index >= 15 is 0 Å². The Hall–Kier alpha value is -0.120. The summed E-state index contributed by atoms with van der Waals surface area (Å²) in [6.07, 6.45) is 3.89. The molecule has 84 valence electrons. The third-order valence-corrected chi connectivity index (χ3v) is 3.38. The highest BCUT2D eigenvalue weighted by molar-refractivity contribution is 4.90. The highest BCUT2D eigenvalue weighted by atomic mass is 16.5. The summed E-state index contributed by atoms with van der Waals surface area (Å²) < 4.78 is 10.8. The number of methoxy groups -OCH3 is 1. The SMILES string of the molecule is CNCC1(CCCOC)CCOC1C.